The van der Waals surface area contributed by atoms with E-state index in [1.54, 1.807) is 0 Å². The molecule has 98 valence electrons. The largest absolute Gasteiger partial charge is 0.389 e. The highest BCUT2D eigenvalue weighted by Gasteiger charge is 2.50. The van der Waals surface area contributed by atoms with E-state index in [-0.39, 0.29) is 11.2 Å². The zero-order valence-electron chi connectivity index (χ0n) is 11.1. The molecule has 1 spiro atoms. The first-order valence-electron chi connectivity index (χ1n) is 7.51. The number of ether oxygens (including phenoxy) is 1. The zero-order valence-corrected chi connectivity index (χ0v) is 11.1. The smallest absolute Gasteiger partial charge is 0.0703 e. The molecule has 3 rings (SSSR count). The molecule has 3 fully saturated rings. The highest BCUT2D eigenvalue weighted by molar-refractivity contribution is 5.01. The molecule has 2 saturated carbocycles. The van der Waals surface area contributed by atoms with E-state index in [0.29, 0.717) is 11.8 Å². The first kappa shape index (κ1) is 12.0. The molecule has 3 atom stereocenters. The van der Waals surface area contributed by atoms with Crippen molar-refractivity contribution < 1.29 is 9.84 Å². The minimum atomic E-state index is -0.384. The van der Waals surface area contributed by atoms with Gasteiger partial charge in [-0.1, -0.05) is 19.8 Å². The van der Waals surface area contributed by atoms with Crippen LogP contribution in [0.15, 0.2) is 0 Å². The van der Waals surface area contributed by atoms with Gasteiger partial charge in [0, 0.05) is 6.61 Å². The molecule has 1 N–H and O–H groups in total. The van der Waals surface area contributed by atoms with Gasteiger partial charge in [-0.2, -0.15) is 0 Å². The Kier molecular flexibility index (Phi) is 2.99. The molecule has 3 unspecified atom stereocenters. The van der Waals surface area contributed by atoms with Crippen LogP contribution in [-0.2, 0) is 4.74 Å². The Morgan fingerprint density at radius 2 is 1.88 bits per heavy atom. The van der Waals surface area contributed by atoms with Gasteiger partial charge in [0.15, 0.2) is 0 Å². The van der Waals surface area contributed by atoms with Crippen molar-refractivity contribution in [2.75, 3.05) is 6.61 Å². The number of rotatable bonds is 1. The number of aliphatic hydroxyl groups is 1. The van der Waals surface area contributed by atoms with Crippen molar-refractivity contribution in [3.63, 3.8) is 0 Å². The molecule has 3 aliphatic rings. The molecule has 1 saturated heterocycles. The second kappa shape index (κ2) is 4.24. The van der Waals surface area contributed by atoms with E-state index in [9.17, 15) is 5.11 Å². The van der Waals surface area contributed by atoms with Crippen LogP contribution in [0.3, 0.4) is 0 Å². The Balaban J connectivity index is 1.73. The second-order valence-corrected chi connectivity index (χ2v) is 6.71. The molecule has 1 aliphatic heterocycles. The molecule has 2 aliphatic carbocycles. The van der Waals surface area contributed by atoms with Crippen LogP contribution in [0.2, 0.25) is 0 Å². The van der Waals surface area contributed by atoms with Gasteiger partial charge in [-0.25, -0.2) is 0 Å². The molecule has 0 aromatic rings. The molecule has 0 aromatic heterocycles. The summed E-state index contributed by atoms with van der Waals surface area (Å²) in [5.41, 5.74) is -0.208. The SMILES string of the molecule is CC1CCCCC1(O)C1CCOC2(CCC2)C1. The lowest BCUT2D eigenvalue weighted by Crippen LogP contribution is -2.54. The predicted octanol–water partition coefficient (Wildman–Crippen LogP) is 3.28. The highest BCUT2D eigenvalue weighted by Crippen LogP contribution is 2.50. The topological polar surface area (TPSA) is 29.5 Å². The quantitative estimate of drug-likeness (QED) is 0.759. The third-order valence-corrected chi connectivity index (χ3v) is 5.78. The maximum absolute atomic E-state index is 11.1. The van der Waals surface area contributed by atoms with Gasteiger partial charge in [0.1, 0.15) is 0 Å². The van der Waals surface area contributed by atoms with Gasteiger partial charge in [-0.05, 0) is 56.8 Å². The van der Waals surface area contributed by atoms with Crippen molar-refractivity contribution in [1.82, 2.24) is 0 Å². The van der Waals surface area contributed by atoms with Crippen molar-refractivity contribution in [2.45, 2.75) is 75.9 Å². The molecule has 0 bridgehead atoms. The Morgan fingerprint density at radius 3 is 2.53 bits per heavy atom. The van der Waals surface area contributed by atoms with Crippen LogP contribution < -0.4 is 0 Å². The van der Waals surface area contributed by atoms with Gasteiger partial charge < -0.3 is 9.84 Å². The Morgan fingerprint density at radius 1 is 1.06 bits per heavy atom. The van der Waals surface area contributed by atoms with E-state index < -0.39 is 0 Å². The molecule has 1 heterocycles. The van der Waals surface area contributed by atoms with Crippen LogP contribution in [0.1, 0.15) is 64.7 Å². The highest BCUT2D eigenvalue weighted by atomic mass is 16.5. The summed E-state index contributed by atoms with van der Waals surface area (Å²) in [4.78, 5) is 0. The van der Waals surface area contributed by atoms with Crippen LogP contribution in [0.5, 0.6) is 0 Å². The monoisotopic (exact) mass is 238 g/mol. The van der Waals surface area contributed by atoms with Crippen LogP contribution in [0, 0.1) is 11.8 Å². The van der Waals surface area contributed by atoms with E-state index in [2.05, 4.69) is 6.92 Å². The minimum absolute atomic E-state index is 0.176. The molecule has 0 amide bonds. The molecule has 0 aromatic carbocycles. The third kappa shape index (κ3) is 1.94. The van der Waals surface area contributed by atoms with Crippen molar-refractivity contribution in [3.8, 4) is 0 Å². The summed E-state index contributed by atoms with van der Waals surface area (Å²) in [5, 5.41) is 11.1. The lowest BCUT2D eigenvalue weighted by molar-refractivity contribution is -0.191. The maximum atomic E-state index is 11.1. The van der Waals surface area contributed by atoms with Crippen molar-refractivity contribution >= 4 is 0 Å². The maximum Gasteiger partial charge on any atom is 0.0703 e. The van der Waals surface area contributed by atoms with Gasteiger partial charge in [0.05, 0.1) is 11.2 Å². The Labute approximate surface area is 105 Å². The molecule has 0 radical (unpaired) electrons. The molecule has 2 heteroatoms. The van der Waals surface area contributed by atoms with Gasteiger partial charge in [0.25, 0.3) is 0 Å². The van der Waals surface area contributed by atoms with Gasteiger partial charge in [-0.15, -0.1) is 0 Å². The van der Waals surface area contributed by atoms with Crippen LogP contribution in [0.4, 0.5) is 0 Å². The third-order valence-electron chi connectivity index (χ3n) is 5.78. The summed E-state index contributed by atoms with van der Waals surface area (Å²) in [6.45, 7) is 3.13. The first-order chi connectivity index (χ1) is 8.15. The predicted molar refractivity (Wildman–Crippen MR) is 67.8 cm³/mol. The summed E-state index contributed by atoms with van der Waals surface area (Å²) in [5.74, 6) is 0.975. The number of hydrogen-bond acceptors (Lipinski definition) is 2. The van der Waals surface area contributed by atoms with Crippen molar-refractivity contribution in [2.24, 2.45) is 11.8 Å². The van der Waals surface area contributed by atoms with Crippen LogP contribution >= 0.6 is 0 Å². The van der Waals surface area contributed by atoms with E-state index in [1.807, 2.05) is 0 Å². The van der Waals surface area contributed by atoms with Crippen molar-refractivity contribution in [1.29, 1.82) is 0 Å². The average Bonchev–Trinajstić information content (AvgIpc) is 2.31. The van der Waals surface area contributed by atoms with Gasteiger partial charge in [-0.3, -0.25) is 0 Å². The minimum Gasteiger partial charge on any atom is -0.389 e. The first-order valence-corrected chi connectivity index (χ1v) is 7.51. The second-order valence-electron chi connectivity index (χ2n) is 6.71. The van der Waals surface area contributed by atoms with E-state index in [0.717, 1.165) is 25.9 Å². The molecule has 17 heavy (non-hydrogen) atoms. The standard InChI is InChI=1S/C15H26O2/c1-12-5-2-3-9-15(12,16)13-6-10-17-14(11-13)7-4-8-14/h12-13,16H,2-11H2,1H3. The summed E-state index contributed by atoms with van der Waals surface area (Å²) in [6, 6.07) is 0. The fraction of sp³-hybridized carbons (Fsp3) is 1.00. The molecular weight excluding hydrogens is 212 g/mol. The van der Waals surface area contributed by atoms with E-state index in [4.69, 9.17) is 4.74 Å². The fourth-order valence-electron chi connectivity index (χ4n) is 4.34. The van der Waals surface area contributed by atoms with Crippen LogP contribution in [-0.4, -0.2) is 22.9 Å². The summed E-state index contributed by atoms with van der Waals surface area (Å²) in [7, 11) is 0. The Bertz CT molecular complexity index is 285. The van der Waals surface area contributed by atoms with Gasteiger partial charge >= 0.3 is 0 Å². The van der Waals surface area contributed by atoms with E-state index >= 15 is 0 Å². The van der Waals surface area contributed by atoms with Crippen molar-refractivity contribution in [3.05, 3.63) is 0 Å². The van der Waals surface area contributed by atoms with Gasteiger partial charge in [0.2, 0.25) is 0 Å². The molecular formula is C15H26O2. The summed E-state index contributed by atoms with van der Waals surface area (Å²) < 4.78 is 5.99. The lowest BCUT2D eigenvalue weighted by atomic mass is 9.62. The molecule has 2 nitrogen and oxygen atoms in total. The lowest BCUT2D eigenvalue weighted by Gasteiger charge is -2.53. The number of hydrogen-bond donors (Lipinski definition) is 1. The van der Waals surface area contributed by atoms with E-state index in [1.165, 1.54) is 38.5 Å². The summed E-state index contributed by atoms with van der Waals surface area (Å²) >= 11 is 0. The summed E-state index contributed by atoms with van der Waals surface area (Å²) in [6.07, 6.45) is 10.7. The normalized spacial score (nSPS) is 45.5. The zero-order chi connectivity index (χ0) is 11.9. The Hall–Kier alpha value is -0.0800. The van der Waals surface area contributed by atoms with Crippen LogP contribution in [0.25, 0.3) is 0 Å². The fourth-order valence-corrected chi connectivity index (χ4v) is 4.34. The average molecular weight is 238 g/mol.